The van der Waals surface area contributed by atoms with Crippen molar-refractivity contribution in [2.75, 3.05) is 13.1 Å². The van der Waals surface area contributed by atoms with Gasteiger partial charge < -0.3 is 9.47 Å². The summed E-state index contributed by atoms with van der Waals surface area (Å²) in [5.74, 6) is 1.21. The van der Waals surface area contributed by atoms with Gasteiger partial charge in [-0.25, -0.2) is 4.98 Å². The fourth-order valence-electron chi connectivity index (χ4n) is 3.80. The van der Waals surface area contributed by atoms with Crippen molar-refractivity contribution < 1.29 is 4.79 Å². The normalized spacial score (nSPS) is 15.2. The molecular weight excluding hydrogens is 322 g/mol. The molecule has 1 amide bonds. The van der Waals surface area contributed by atoms with E-state index in [-0.39, 0.29) is 5.91 Å². The van der Waals surface area contributed by atoms with E-state index in [1.807, 2.05) is 41.3 Å². The van der Waals surface area contributed by atoms with Crippen LogP contribution in [-0.4, -0.2) is 33.4 Å². The van der Waals surface area contributed by atoms with Gasteiger partial charge in [-0.15, -0.1) is 0 Å². The van der Waals surface area contributed by atoms with E-state index in [1.54, 1.807) is 0 Å². The molecule has 4 heteroatoms. The number of rotatable bonds is 4. The highest BCUT2D eigenvalue weighted by Crippen LogP contribution is 2.25. The van der Waals surface area contributed by atoms with E-state index < -0.39 is 0 Å². The zero-order chi connectivity index (χ0) is 17.8. The van der Waals surface area contributed by atoms with Gasteiger partial charge in [-0.05, 0) is 25.0 Å². The number of likely N-dealkylation sites (tertiary alicyclic amines) is 1. The lowest BCUT2D eigenvalue weighted by atomic mass is 10.2. The van der Waals surface area contributed by atoms with Crippen LogP contribution in [0, 0.1) is 0 Å². The third-order valence-corrected chi connectivity index (χ3v) is 5.19. The summed E-state index contributed by atoms with van der Waals surface area (Å²) in [5, 5.41) is 0. The van der Waals surface area contributed by atoms with Gasteiger partial charge in [-0.1, -0.05) is 55.3 Å². The lowest BCUT2D eigenvalue weighted by molar-refractivity contribution is -0.131. The van der Waals surface area contributed by atoms with E-state index in [1.165, 1.54) is 12.8 Å². The van der Waals surface area contributed by atoms with E-state index >= 15 is 0 Å². The van der Waals surface area contributed by atoms with E-state index in [0.717, 1.165) is 48.4 Å². The molecular formula is C22H25N3O. The third kappa shape index (κ3) is 3.50. The maximum absolute atomic E-state index is 12.7. The fraction of sp³-hybridized carbons (Fsp3) is 0.364. The number of fused-ring (bicyclic) bond motifs is 1. The van der Waals surface area contributed by atoms with Gasteiger partial charge in [0.25, 0.3) is 0 Å². The Bertz CT molecular complexity index is 877. The van der Waals surface area contributed by atoms with Crippen LogP contribution in [0.5, 0.6) is 0 Å². The smallest absolute Gasteiger partial charge is 0.224 e. The van der Waals surface area contributed by atoms with Gasteiger partial charge in [-0.2, -0.15) is 0 Å². The van der Waals surface area contributed by atoms with Crippen LogP contribution in [-0.2, 0) is 11.3 Å². The highest BCUT2D eigenvalue weighted by molar-refractivity contribution is 5.81. The zero-order valence-electron chi connectivity index (χ0n) is 15.1. The SMILES string of the molecule is O=C(CCn1c(-c2ccccc2)nc2ccccc21)N1CCCCCC1. The molecule has 4 nitrogen and oxygen atoms in total. The van der Waals surface area contributed by atoms with Crippen molar-refractivity contribution in [3.05, 3.63) is 54.6 Å². The van der Waals surface area contributed by atoms with E-state index in [2.05, 4.69) is 22.8 Å². The molecule has 1 aliphatic heterocycles. The summed E-state index contributed by atoms with van der Waals surface area (Å²) < 4.78 is 2.19. The first-order valence-corrected chi connectivity index (χ1v) is 9.61. The van der Waals surface area contributed by atoms with Crippen LogP contribution >= 0.6 is 0 Å². The first-order valence-electron chi connectivity index (χ1n) is 9.61. The van der Waals surface area contributed by atoms with Gasteiger partial charge in [0.2, 0.25) is 5.91 Å². The number of nitrogens with zero attached hydrogens (tertiary/aromatic N) is 3. The van der Waals surface area contributed by atoms with Crippen LogP contribution in [0.25, 0.3) is 22.4 Å². The number of aromatic nitrogens is 2. The maximum Gasteiger partial charge on any atom is 0.224 e. The quantitative estimate of drug-likeness (QED) is 0.697. The monoisotopic (exact) mass is 347 g/mol. The van der Waals surface area contributed by atoms with Crippen molar-refractivity contribution in [1.29, 1.82) is 0 Å². The Morgan fingerprint density at radius 2 is 1.58 bits per heavy atom. The molecule has 1 aliphatic rings. The van der Waals surface area contributed by atoms with Crippen LogP contribution in [0.15, 0.2) is 54.6 Å². The molecule has 1 saturated heterocycles. The van der Waals surface area contributed by atoms with Crippen LogP contribution < -0.4 is 0 Å². The molecule has 0 spiro atoms. The van der Waals surface area contributed by atoms with Crippen LogP contribution in [0.4, 0.5) is 0 Å². The lowest BCUT2D eigenvalue weighted by Crippen LogP contribution is -2.32. The fourth-order valence-corrected chi connectivity index (χ4v) is 3.80. The van der Waals surface area contributed by atoms with Gasteiger partial charge in [0.1, 0.15) is 5.82 Å². The molecule has 1 aromatic heterocycles. The van der Waals surface area contributed by atoms with Crippen molar-refractivity contribution in [2.45, 2.75) is 38.6 Å². The Morgan fingerprint density at radius 1 is 0.885 bits per heavy atom. The van der Waals surface area contributed by atoms with Crippen LogP contribution in [0.3, 0.4) is 0 Å². The molecule has 0 N–H and O–H groups in total. The first-order chi connectivity index (χ1) is 12.8. The highest BCUT2D eigenvalue weighted by atomic mass is 16.2. The number of imidazole rings is 1. The van der Waals surface area contributed by atoms with Crippen molar-refractivity contribution in [3.8, 4) is 11.4 Å². The number of benzene rings is 2. The zero-order valence-corrected chi connectivity index (χ0v) is 15.1. The number of hydrogen-bond donors (Lipinski definition) is 0. The maximum atomic E-state index is 12.7. The van der Waals surface area contributed by atoms with Gasteiger partial charge in [0.05, 0.1) is 11.0 Å². The van der Waals surface area contributed by atoms with Crippen LogP contribution in [0.1, 0.15) is 32.1 Å². The second-order valence-corrected chi connectivity index (χ2v) is 6.99. The third-order valence-electron chi connectivity index (χ3n) is 5.19. The minimum absolute atomic E-state index is 0.267. The molecule has 3 aromatic rings. The molecule has 4 rings (SSSR count). The topological polar surface area (TPSA) is 38.1 Å². The summed E-state index contributed by atoms with van der Waals surface area (Å²) in [6.45, 7) is 2.49. The Balaban J connectivity index is 1.60. The summed E-state index contributed by atoms with van der Waals surface area (Å²) in [5.41, 5.74) is 3.16. The van der Waals surface area contributed by atoms with Crippen LogP contribution in [0.2, 0.25) is 0 Å². The Kier molecular flexibility index (Phi) is 5.00. The largest absolute Gasteiger partial charge is 0.343 e. The molecule has 0 aliphatic carbocycles. The average molecular weight is 347 g/mol. The second-order valence-electron chi connectivity index (χ2n) is 6.99. The average Bonchev–Trinajstić information content (AvgIpc) is 2.85. The molecule has 0 saturated carbocycles. The van der Waals surface area contributed by atoms with Gasteiger partial charge in [0, 0.05) is 31.6 Å². The molecule has 0 bridgehead atoms. The highest BCUT2D eigenvalue weighted by Gasteiger charge is 2.17. The summed E-state index contributed by atoms with van der Waals surface area (Å²) >= 11 is 0. The molecule has 2 heterocycles. The number of aryl methyl sites for hydroxylation is 1. The molecule has 134 valence electrons. The summed E-state index contributed by atoms with van der Waals surface area (Å²) in [6, 6.07) is 18.4. The predicted octanol–water partition coefficient (Wildman–Crippen LogP) is 4.50. The number of para-hydroxylation sites is 2. The minimum atomic E-state index is 0.267. The molecule has 0 unspecified atom stereocenters. The van der Waals surface area contributed by atoms with Crippen molar-refractivity contribution >= 4 is 16.9 Å². The van der Waals surface area contributed by atoms with Gasteiger partial charge in [0.15, 0.2) is 0 Å². The van der Waals surface area contributed by atoms with Gasteiger partial charge in [-0.3, -0.25) is 4.79 Å². The van der Waals surface area contributed by atoms with E-state index in [9.17, 15) is 4.79 Å². The second kappa shape index (κ2) is 7.73. The Hall–Kier alpha value is -2.62. The predicted molar refractivity (Wildman–Crippen MR) is 105 cm³/mol. The van der Waals surface area contributed by atoms with E-state index in [4.69, 9.17) is 4.98 Å². The molecule has 2 aromatic carbocycles. The molecule has 0 radical (unpaired) electrons. The minimum Gasteiger partial charge on any atom is -0.343 e. The van der Waals surface area contributed by atoms with E-state index in [0.29, 0.717) is 13.0 Å². The first kappa shape index (κ1) is 16.8. The number of carbonyl (C=O) groups excluding carboxylic acids is 1. The Morgan fingerprint density at radius 3 is 2.35 bits per heavy atom. The number of amides is 1. The van der Waals surface area contributed by atoms with Crippen molar-refractivity contribution in [3.63, 3.8) is 0 Å². The molecule has 26 heavy (non-hydrogen) atoms. The molecule has 1 fully saturated rings. The summed E-state index contributed by atoms with van der Waals surface area (Å²) in [7, 11) is 0. The number of hydrogen-bond acceptors (Lipinski definition) is 2. The molecule has 0 atom stereocenters. The van der Waals surface area contributed by atoms with Crippen molar-refractivity contribution in [1.82, 2.24) is 14.5 Å². The standard InChI is InChI=1S/C22H25N3O/c26-21(24-15-8-1-2-9-16-24)14-17-25-20-13-7-6-12-19(20)23-22(25)18-10-4-3-5-11-18/h3-7,10-13H,1-2,8-9,14-17H2. The Labute approximate surface area is 154 Å². The summed E-state index contributed by atoms with van der Waals surface area (Å²) in [6.07, 6.45) is 5.28. The van der Waals surface area contributed by atoms with Gasteiger partial charge >= 0.3 is 0 Å². The van der Waals surface area contributed by atoms with Crippen molar-refractivity contribution in [2.24, 2.45) is 0 Å². The lowest BCUT2D eigenvalue weighted by Gasteiger charge is -2.20. The summed E-state index contributed by atoms with van der Waals surface area (Å²) in [4.78, 5) is 19.6. The number of carbonyl (C=O) groups is 1.